The lowest BCUT2D eigenvalue weighted by molar-refractivity contribution is -0.139. The first kappa shape index (κ1) is 15.7. The Morgan fingerprint density at radius 2 is 2.33 bits per heavy atom. The number of ether oxygens (including phenoxy) is 1. The molecule has 0 aliphatic rings. The van der Waals surface area contributed by atoms with Crippen LogP contribution in [0.2, 0.25) is 5.02 Å². The van der Waals surface area contributed by atoms with Gasteiger partial charge in [-0.2, -0.15) is 5.10 Å². The predicted octanol–water partition coefficient (Wildman–Crippen LogP) is 1.70. The van der Waals surface area contributed by atoms with Crippen molar-refractivity contribution in [1.29, 1.82) is 0 Å². The van der Waals surface area contributed by atoms with Crippen LogP contribution < -0.4 is 5.32 Å². The van der Waals surface area contributed by atoms with Crippen molar-refractivity contribution in [3.63, 3.8) is 0 Å². The summed E-state index contributed by atoms with van der Waals surface area (Å²) in [5.41, 5.74) is 1.83. The number of methoxy groups -OCH3 is 1. The third-order valence-electron chi connectivity index (χ3n) is 2.58. The number of hydrogen-bond acceptors (Lipinski definition) is 4. The summed E-state index contributed by atoms with van der Waals surface area (Å²) in [4.78, 5) is 11.2. The van der Waals surface area contributed by atoms with Crippen molar-refractivity contribution in [3.8, 4) is 0 Å². The lowest BCUT2D eigenvalue weighted by Gasteiger charge is -2.09. The molecular formula is C11H17ClIN3O2. The maximum Gasteiger partial charge on any atom is 0.319 e. The molecule has 0 fully saturated rings. The average molecular weight is 386 g/mol. The number of hydrogen-bond donors (Lipinski definition) is 1. The van der Waals surface area contributed by atoms with E-state index in [-0.39, 0.29) is 9.89 Å². The number of rotatable bonds is 6. The highest BCUT2D eigenvalue weighted by atomic mass is 127. The number of esters is 1. The van der Waals surface area contributed by atoms with Gasteiger partial charge in [0.05, 0.1) is 23.5 Å². The molecule has 0 spiro atoms. The van der Waals surface area contributed by atoms with Crippen LogP contribution >= 0.6 is 34.2 Å². The zero-order chi connectivity index (χ0) is 13.7. The van der Waals surface area contributed by atoms with Gasteiger partial charge in [0.1, 0.15) is 3.92 Å². The molecule has 0 bridgehead atoms. The van der Waals surface area contributed by atoms with Gasteiger partial charge in [0, 0.05) is 20.1 Å². The first-order chi connectivity index (χ1) is 8.51. The second kappa shape index (κ2) is 7.30. The summed E-state index contributed by atoms with van der Waals surface area (Å²) in [5.74, 6) is -0.228. The molecule has 0 saturated carbocycles. The lowest BCUT2D eigenvalue weighted by Crippen LogP contribution is -2.29. The number of carbonyl (C=O) groups excluding carboxylic acids is 1. The Labute approximate surface area is 125 Å². The van der Waals surface area contributed by atoms with Crippen molar-refractivity contribution in [3.05, 3.63) is 16.4 Å². The lowest BCUT2D eigenvalue weighted by atomic mass is 10.3. The third kappa shape index (κ3) is 3.83. The summed E-state index contributed by atoms with van der Waals surface area (Å²) in [7, 11) is 3.25. The fourth-order valence-corrected chi connectivity index (χ4v) is 2.47. The summed E-state index contributed by atoms with van der Waals surface area (Å²) in [5, 5.41) is 8.22. The van der Waals surface area contributed by atoms with Crippen molar-refractivity contribution >= 4 is 40.2 Å². The summed E-state index contributed by atoms with van der Waals surface area (Å²) in [6.45, 7) is 3.14. The van der Waals surface area contributed by atoms with Crippen LogP contribution in [0.5, 0.6) is 0 Å². The molecule has 0 radical (unpaired) electrons. The van der Waals surface area contributed by atoms with Gasteiger partial charge in [0.25, 0.3) is 0 Å². The SMILES string of the molecule is CCc1nn(C)c(CNCC(I)C(=O)OC)c1Cl. The van der Waals surface area contributed by atoms with Gasteiger partial charge in [-0.1, -0.05) is 41.1 Å². The number of alkyl halides is 1. The normalized spacial score (nSPS) is 12.5. The Kier molecular flexibility index (Phi) is 6.37. The van der Waals surface area contributed by atoms with E-state index in [2.05, 4.69) is 15.2 Å². The fourth-order valence-electron chi connectivity index (χ4n) is 1.54. The van der Waals surface area contributed by atoms with Gasteiger partial charge in [-0.15, -0.1) is 0 Å². The van der Waals surface area contributed by atoms with E-state index in [0.717, 1.165) is 17.8 Å². The van der Waals surface area contributed by atoms with Gasteiger partial charge in [-0.3, -0.25) is 9.48 Å². The molecule has 1 heterocycles. The molecule has 0 amide bonds. The molecule has 0 aromatic carbocycles. The van der Waals surface area contributed by atoms with Gasteiger partial charge in [0.2, 0.25) is 0 Å². The molecular weight excluding hydrogens is 368 g/mol. The summed E-state index contributed by atoms with van der Waals surface area (Å²) >= 11 is 8.27. The van der Waals surface area contributed by atoms with Gasteiger partial charge in [-0.25, -0.2) is 0 Å². The van der Waals surface area contributed by atoms with Crippen molar-refractivity contribution in [2.75, 3.05) is 13.7 Å². The molecule has 1 aromatic heterocycles. The van der Waals surface area contributed by atoms with E-state index >= 15 is 0 Å². The molecule has 0 aliphatic carbocycles. The van der Waals surface area contributed by atoms with Crippen molar-refractivity contribution in [1.82, 2.24) is 15.1 Å². The second-order valence-electron chi connectivity index (χ2n) is 3.81. The molecule has 1 aromatic rings. The second-order valence-corrected chi connectivity index (χ2v) is 5.69. The minimum absolute atomic E-state index is 0.203. The standard InChI is InChI=1S/C11H17ClIN3O2/c1-4-8-10(12)9(16(2)15-8)6-14-5-7(13)11(17)18-3/h7,14H,4-6H2,1-3H3. The smallest absolute Gasteiger partial charge is 0.319 e. The Balaban J connectivity index is 2.54. The number of nitrogens with one attached hydrogen (secondary N) is 1. The van der Waals surface area contributed by atoms with Crippen LogP contribution in [0.1, 0.15) is 18.3 Å². The first-order valence-corrected chi connectivity index (χ1v) is 7.26. The fraction of sp³-hybridized carbons (Fsp3) is 0.636. The van der Waals surface area contributed by atoms with Crippen molar-refractivity contribution < 1.29 is 9.53 Å². The number of carbonyl (C=O) groups is 1. The molecule has 1 unspecified atom stereocenters. The van der Waals surface area contributed by atoms with E-state index in [1.54, 1.807) is 4.68 Å². The maximum absolute atomic E-state index is 11.2. The van der Waals surface area contributed by atoms with Crippen LogP contribution in [-0.2, 0) is 29.5 Å². The molecule has 0 saturated heterocycles. The average Bonchev–Trinajstić information content (AvgIpc) is 2.64. The molecule has 1 rings (SSSR count). The topological polar surface area (TPSA) is 56.2 Å². The van der Waals surface area contributed by atoms with E-state index in [9.17, 15) is 4.79 Å². The van der Waals surface area contributed by atoms with E-state index in [0.29, 0.717) is 18.1 Å². The first-order valence-electron chi connectivity index (χ1n) is 5.64. The van der Waals surface area contributed by atoms with Gasteiger partial charge < -0.3 is 10.1 Å². The summed E-state index contributed by atoms with van der Waals surface area (Å²) in [6.07, 6.45) is 0.809. The predicted molar refractivity (Wildman–Crippen MR) is 79.1 cm³/mol. The van der Waals surface area contributed by atoms with Gasteiger partial charge in [-0.05, 0) is 6.42 Å². The Morgan fingerprint density at radius 3 is 2.83 bits per heavy atom. The van der Waals surface area contributed by atoms with E-state index < -0.39 is 0 Å². The Hall–Kier alpha value is -0.340. The monoisotopic (exact) mass is 385 g/mol. The number of halogens is 2. The highest BCUT2D eigenvalue weighted by Crippen LogP contribution is 2.20. The highest BCUT2D eigenvalue weighted by Gasteiger charge is 2.16. The molecule has 1 N–H and O–H groups in total. The molecule has 18 heavy (non-hydrogen) atoms. The highest BCUT2D eigenvalue weighted by molar-refractivity contribution is 14.1. The minimum atomic E-state index is -0.228. The number of aromatic nitrogens is 2. The number of nitrogens with zero attached hydrogens (tertiary/aromatic N) is 2. The zero-order valence-electron chi connectivity index (χ0n) is 10.7. The quantitative estimate of drug-likeness (QED) is 0.460. The molecule has 0 aliphatic heterocycles. The van der Waals surface area contributed by atoms with Gasteiger partial charge in [0.15, 0.2) is 0 Å². The van der Waals surface area contributed by atoms with Crippen LogP contribution in [0.25, 0.3) is 0 Å². The Bertz CT molecular complexity index is 423. The summed E-state index contributed by atoms with van der Waals surface area (Å²) < 4.78 is 6.22. The molecule has 7 heteroatoms. The molecule has 102 valence electrons. The maximum atomic E-state index is 11.2. The number of aryl methyl sites for hydroxylation is 2. The summed E-state index contributed by atoms with van der Waals surface area (Å²) in [6, 6.07) is 0. The van der Waals surface area contributed by atoms with E-state index in [1.165, 1.54) is 7.11 Å². The minimum Gasteiger partial charge on any atom is -0.468 e. The third-order valence-corrected chi connectivity index (χ3v) is 3.96. The zero-order valence-corrected chi connectivity index (χ0v) is 13.6. The van der Waals surface area contributed by atoms with Gasteiger partial charge >= 0.3 is 5.97 Å². The van der Waals surface area contributed by atoms with Crippen LogP contribution in [0.3, 0.4) is 0 Å². The molecule has 1 atom stereocenters. The van der Waals surface area contributed by atoms with Crippen molar-refractivity contribution in [2.45, 2.75) is 23.8 Å². The van der Waals surface area contributed by atoms with Crippen LogP contribution in [0.15, 0.2) is 0 Å². The van der Waals surface area contributed by atoms with Crippen molar-refractivity contribution in [2.24, 2.45) is 7.05 Å². The van der Waals surface area contributed by atoms with E-state index in [4.69, 9.17) is 11.6 Å². The Morgan fingerprint density at radius 1 is 1.67 bits per heavy atom. The van der Waals surface area contributed by atoms with Crippen LogP contribution in [0, 0.1) is 0 Å². The largest absolute Gasteiger partial charge is 0.468 e. The van der Waals surface area contributed by atoms with Crippen LogP contribution in [-0.4, -0.2) is 33.3 Å². The molecule has 5 nitrogen and oxygen atoms in total. The van der Waals surface area contributed by atoms with Crippen LogP contribution in [0.4, 0.5) is 0 Å². The van der Waals surface area contributed by atoms with E-state index in [1.807, 2.05) is 36.6 Å².